The van der Waals surface area contributed by atoms with E-state index in [0.717, 1.165) is 12.3 Å². The van der Waals surface area contributed by atoms with Crippen molar-refractivity contribution in [2.45, 2.75) is 62.8 Å². The Kier molecular flexibility index (Phi) is 11.4. The predicted octanol–water partition coefficient (Wildman–Crippen LogP) is 2.76. The van der Waals surface area contributed by atoms with E-state index >= 15 is 8.78 Å². The summed E-state index contributed by atoms with van der Waals surface area (Å²) in [4.78, 5) is 13.6. The molecule has 234 valence electrons. The maximum atomic E-state index is 15.7. The minimum Gasteiger partial charge on any atom is -0.394 e. The first kappa shape index (κ1) is 34.6. The van der Waals surface area contributed by atoms with Gasteiger partial charge in [0.15, 0.2) is 0 Å². The fraction of sp³-hybridized carbons (Fsp3) is 0.536. The van der Waals surface area contributed by atoms with E-state index in [-0.39, 0.29) is 47.1 Å². The maximum Gasteiger partial charge on any atom is 0.237 e. The van der Waals surface area contributed by atoms with Crippen LogP contribution in [-0.2, 0) is 20.4 Å². The van der Waals surface area contributed by atoms with Crippen LogP contribution in [0.15, 0.2) is 36.4 Å². The lowest BCUT2D eigenvalue weighted by Gasteiger charge is -2.40. The largest absolute Gasteiger partial charge is 0.394 e. The van der Waals surface area contributed by atoms with Crippen LogP contribution < -0.4 is 21.1 Å². The van der Waals surface area contributed by atoms with Crippen molar-refractivity contribution in [1.29, 1.82) is 0 Å². The maximum absolute atomic E-state index is 15.7. The van der Waals surface area contributed by atoms with Crippen LogP contribution in [0.3, 0.4) is 0 Å². The number of carbonyl (C=O) groups excluding carboxylic acids is 1. The standard InChI is InChI=1S/C28H38Cl2F2N4O5S/c1-27(2,10-12-35-42(3,40)41)14-22-28(33,19-8-7-16(29)13-21(19)31)23(18-5-4-6-20(30)24(18)32)25(36-22)26(39)34-11-9-17(38)15-37/h4-8,13,17,22-23,25,35-38H,9-12,14-15,33H2,1-3H3,(H,34,39). The van der Waals surface area contributed by atoms with Crippen LogP contribution in [0.5, 0.6) is 0 Å². The molecule has 3 rings (SSSR count). The van der Waals surface area contributed by atoms with Crippen molar-refractivity contribution < 1.29 is 32.2 Å². The van der Waals surface area contributed by atoms with Gasteiger partial charge in [-0.05, 0) is 48.4 Å². The van der Waals surface area contributed by atoms with Crippen LogP contribution >= 0.6 is 23.2 Å². The summed E-state index contributed by atoms with van der Waals surface area (Å²) in [6, 6.07) is 6.30. The Morgan fingerprint density at radius 3 is 2.52 bits per heavy atom. The first-order valence-corrected chi connectivity index (χ1v) is 16.1. The highest BCUT2D eigenvalue weighted by molar-refractivity contribution is 7.88. The zero-order valence-electron chi connectivity index (χ0n) is 23.6. The average Bonchev–Trinajstić information content (AvgIpc) is 3.16. The number of sulfonamides is 1. The zero-order chi connectivity index (χ0) is 31.5. The number of amides is 1. The van der Waals surface area contributed by atoms with Crippen molar-refractivity contribution in [2.75, 3.05) is 26.0 Å². The van der Waals surface area contributed by atoms with Gasteiger partial charge in [0.1, 0.15) is 11.6 Å². The van der Waals surface area contributed by atoms with E-state index in [9.17, 15) is 18.3 Å². The number of carbonyl (C=O) groups is 1. The molecule has 0 bridgehead atoms. The van der Waals surface area contributed by atoms with Gasteiger partial charge in [-0.25, -0.2) is 21.9 Å². The van der Waals surface area contributed by atoms with Gasteiger partial charge in [0.2, 0.25) is 15.9 Å². The Labute approximate surface area is 255 Å². The molecule has 1 aliphatic heterocycles. The van der Waals surface area contributed by atoms with Gasteiger partial charge in [-0.2, -0.15) is 0 Å². The summed E-state index contributed by atoms with van der Waals surface area (Å²) in [5.41, 5.74) is 4.89. The van der Waals surface area contributed by atoms with Crippen LogP contribution in [0.25, 0.3) is 0 Å². The SMILES string of the molecule is CC(C)(CCNS(C)(=O)=O)CC1NC(C(=O)NCCC(O)CO)C(c2cccc(Cl)c2F)C1(N)c1ccc(Cl)cc1F. The number of halogens is 4. The van der Waals surface area contributed by atoms with E-state index in [1.165, 1.54) is 30.3 Å². The molecule has 5 unspecified atom stereocenters. The average molecular weight is 652 g/mol. The van der Waals surface area contributed by atoms with Crippen molar-refractivity contribution in [1.82, 2.24) is 15.4 Å². The number of hydrogen-bond acceptors (Lipinski definition) is 7. The highest BCUT2D eigenvalue weighted by Crippen LogP contribution is 2.50. The van der Waals surface area contributed by atoms with Crippen molar-refractivity contribution in [3.05, 3.63) is 69.2 Å². The molecule has 14 heteroatoms. The van der Waals surface area contributed by atoms with Crippen LogP contribution in [0.1, 0.15) is 50.2 Å². The quantitative estimate of drug-likeness (QED) is 0.195. The summed E-state index contributed by atoms with van der Waals surface area (Å²) in [5.74, 6) is -3.29. The minimum atomic E-state index is -3.43. The van der Waals surface area contributed by atoms with Crippen molar-refractivity contribution >= 4 is 39.1 Å². The molecule has 1 aliphatic rings. The molecule has 1 saturated heterocycles. The highest BCUT2D eigenvalue weighted by Gasteiger charge is 2.58. The first-order chi connectivity index (χ1) is 19.5. The minimum absolute atomic E-state index is 0.00134. The first-order valence-electron chi connectivity index (χ1n) is 13.5. The van der Waals surface area contributed by atoms with Crippen LogP contribution in [-0.4, -0.2) is 68.7 Å². The lowest BCUT2D eigenvalue weighted by atomic mass is 9.67. The molecule has 2 aromatic carbocycles. The van der Waals surface area contributed by atoms with Crippen molar-refractivity contribution in [3.8, 4) is 0 Å². The molecule has 9 nitrogen and oxygen atoms in total. The van der Waals surface area contributed by atoms with E-state index in [1.54, 1.807) is 0 Å². The summed E-state index contributed by atoms with van der Waals surface area (Å²) >= 11 is 12.2. The Hall–Kier alpha value is -1.90. The van der Waals surface area contributed by atoms with Crippen molar-refractivity contribution in [2.24, 2.45) is 11.1 Å². The van der Waals surface area contributed by atoms with E-state index < -0.39 is 69.2 Å². The van der Waals surface area contributed by atoms with Gasteiger partial charge in [-0.15, -0.1) is 0 Å². The Balaban J connectivity index is 2.13. The summed E-state index contributed by atoms with van der Waals surface area (Å²) in [7, 11) is -3.43. The summed E-state index contributed by atoms with van der Waals surface area (Å²) in [6.07, 6.45) is 0.689. The normalized spacial score (nSPS) is 23.6. The number of benzene rings is 2. The number of nitrogens with two attached hydrogens (primary N) is 1. The Morgan fingerprint density at radius 2 is 1.90 bits per heavy atom. The van der Waals surface area contributed by atoms with E-state index in [0.29, 0.717) is 6.42 Å². The zero-order valence-corrected chi connectivity index (χ0v) is 26.0. The smallest absolute Gasteiger partial charge is 0.237 e. The topological polar surface area (TPSA) is 154 Å². The number of aliphatic hydroxyl groups is 2. The fourth-order valence-corrected chi connectivity index (χ4v) is 6.40. The van der Waals surface area contributed by atoms with E-state index in [2.05, 4.69) is 15.4 Å². The molecule has 1 fully saturated rings. The third-order valence-corrected chi connectivity index (χ3v) is 8.97. The number of rotatable bonds is 13. The van der Waals surface area contributed by atoms with Gasteiger partial charge < -0.3 is 26.6 Å². The van der Waals surface area contributed by atoms with Gasteiger partial charge in [0.25, 0.3) is 0 Å². The Morgan fingerprint density at radius 1 is 1.21 bits per heavy atom. The molecule has 2 aromatic rings. The summed E-state index contributed by atoms with van der Waals surface area (Å²) < 4.78 is 57.1. The fourth-order valence-electron chi connectivity index (χ4n) is 5.58. The number of hydrogen-bond donors (Lipinski definition) is 6. The second-order valence-electron chi connectivity index (χ2n) is 11.6. The Bertz CT molecular complexity index is 1380. The monoisotopic (exact) mass is 650 g/mol. The lowest BCUT2D eigenvalue weighted by molar-refractivity contribution is -0.123. The molecule has 0 radical (unpaired) electrons. The van der Waals surface area contributed by atoms with Gasteiger partial charge in [0, 0.05) is 35.6 Å². The molecule has 0 aliphatic carbocycles. The van der Waals surface area contributed by atoms with Crippen LogP contribution in [0.2, 0.25) is 10.0 Å². The lowest BCUT2D eigenvalue weighted by Crippen LogP contribution is -2.52. The number of aliphatic hydroxyl groups excluding tert-OH is 2. The molecule has 1 heterocycles. The van der Waals surface area contributed by atoms with E-state index in [4.69, 9.17) is 34.0 Å². The van der Waals surface area contributed by atoms with Crippen molar-refractivity contribution in [3.63, 3.8) is 0 Å². The third kappa shape index (κ3) is 8.17. The molecule has 1 amide bonds. The molecule has 0 saturated carbocycles. The summed E-state index contributed by atoms with van der Waals surface area (Å²) in [5, 5.41) is 24.7. The second kappa shape index (κ2) is 13.8. The van der Waals surface area contributed by atoms with E-state index in [1.807, 2.05) is 13.8 Å². The van der Waals surface area contributed by atoms with Gasteiger partial charge in [-0.1, -0.05) is 55.2 Å². The molecule has 7 N–H and O–H groups in total. The predicted molar refractivity (Wildman–Crippen MR) is 159 cm³/mol. The van der Waals surface area contributed by atoms with Crippen LogP contribution in [0.4, 0.5) is 8.78 Å². The molecular formula is C28H38Cl2F2N4O5S. The van der Waals surface area contributed by atoms with Crippen LogP contribution in [0, 0.1) is 17.0 Å². The molecular weight excluding hydrogens is 613 g/mol. The summed E-state index contributed by atoms with van der Waals surface area (Å²) in [6.45, 7) is 3.42. The van der Waals surface area contributed by atoms with Gasteiger partial charge in [-0.3, -0.25) is 4.79 Å². The molecule has 42 heavy (non-hydrogen) atoms. The number of nitrogens with one attached hydrogen (secondary N) is 3. The molecule has 0 spiro atoms. The second-order valence-corrected chi connectivity index (χ2v) is 14.3. The van der Waals surface area contributed by atoms with Gasteiger partial charge >= 0.3 is 0 Å². The highest BCUT2D eigenvalue weighted by atomic mass is 35.5. The third-order valence-electron chi connectivity index (χ3n) is 7.71. The van der Waals surface area contributed by atoms with Gasteiger partial charge in [0.05, 0.1) is 35.6 Å². The molecule has 0 aromatic heterocycles. The molecule has 5 atom stereocenters.